The third-order valence-corrected chi connectivity index (χ3v) is 4.85. The molecule has 0 aromatic heterocycles. The number of aryl methyl sites for hydroxylation is 1. The average Bonchev–Trinajstić information content (AvgIpc) is 2.69. The lowest BCUT2D eigenvalue weighted by atomic mass is 9.90. The van der Waals surface area contributed by atoms with Crippen LogP contribution < -0.4 is 20.7 Å². The molecule has 0 saturated carbocycles. The number of anilines is 1. The van der Waals surface area contributed by atoms with E-state index in [0.717, 1.165) is 40.6 Å². The molecule has 3 N–H and O–H groups in total. The predicted molar refractivity (Wildman–Crippen MR) is 113 cm³/mol. The van der Waals surface area contributed by atoms with E-state index in [1.165, 1.54) is 0 Å². The molecule has 0 bridgehead atoms. The highest BCUT2D eigenvalue weighted by Gasteiger charge is 2.24. The van der Waals surface area contributed by atoms with Crippen LogP contribution in [-0.4, -0.2) is 32.1 Å². The van der Waals surface area contributed by atoms with Gasteiger partial charge in [0.05, 0.1) is 13.7 Å². The van der Waals surface area contributed by atoms with E-state index >= 15 is 0 Å². The van der Waals surface area contributed by atoms with Crippen molar-refractivity contribution in [2.45, 2.75) is 32.7 Å². The van der Waals surface area contributed by atoms with Gasteiger partial charge < -0.3 is 20.7 Å². The number of nitrogens with one attached hydrogen (secondary N) is 3. The number of guanidine groups is 1. The first kappa shape index (κ1) is 19.7. The lowest BCUT2D eigenvalue weighted by Crippen LogP contribution is -2.40. The molecule has 1 unspecified atom stereocenters. The molecule has 0 saturated heterocycles. The van der Waals surface area contributed by atoms with E-state index in [1.807, 2.05) is 44.2 Å². The maximum Gasteiger partial charge on any atom is 0.225 e. The molecule has 0 radical (unpaired) electrons. The van der Waals surface area contributed by atoms with Crippen molar-refractivity contribution in [2.24, 2.45) is 4.99 Å². The van der Waals surface area contributed by atoms with Crippen LogP contribution in [0.25, 0.3) is 0 Å². The fourth-order valence-corrected chi connectivity index (χ4v) is 3.45. The minimum atomic E-state index is 0.0566. The van der Waals surface area contributed by atoms with Crippen LogP contribution in [0.2, 0.25) is 0 Å². The third kappa shape index (κ3) is 4.82. The molecule has 1 aliphatic rings. The van der Waals surface area contributed by atoms with E-state index in [4.69, 9.17) is 9.73 Å². The number of fused-ring (bicyclic) bond motifs is 1. The van der Waals surface area contributed by atoms with Crippen LogP contribution >= 0.6 is 0 Å². The first-order chi connectivity index (χ1) is 13.6. The smallest absolute Gasteiger partial charge is 0.225 e. The normalized spacial score (nSPS) is 16.2. The standard InChI is InChI=1S/C22H28N4O2/c1-4-23-22(24-13-16-9-10-20(28-3)15(2)11-16)25-14-17-12-21(27)26-19-8-6-5-7-18(17)19/h5-11,17H,4,12-14H2,1-3H3,(H,26,27)(H2,23,24,25). The number of carbonyl (C=O) groups is 1. The maximum absolute atomic E-state index is 12.0. The first-order valence-electron chi connectivity index (χ1n) is 9.65. The van der Waals surface area contributed by atoms with Crippen molar-refractivity contribution < 1.29 is 9.53 Å². The van der Waals surface area contributed by atoms with Gasteiger partial charge in [-0.3, -0.25) is 4.79 Å². The summed E-state index contributed by atoms with van der Waals surface area (Å²) in [4.78, 5) is 16.7. The van der Waals surface area contributed by atoms with Crippen molar-refractivity contribution in [2.75, 3.05) is 25.5 Å². The second-order valence-corrected chi connectivity index (χ2v) is 6.92. The minimum absolute atomic E-state index is 0.0566. The Morgan fingerprint density at radius 3 is 2.82 bits per heavy atom. The number of ether oxygens (including phenoxy) is 1. The summed E-state index contributed by atoms with van der Waals surface area (Å²) in [5, 5.41) is 9.61. The zero-order valence-corrected chi connectivity index (χ0v) is 16.7. The molecule has 1 aliphatic heterocycles. The zero-order valence-electron chi connectivity index (χ0n) is 16.7. The number of carbonyl (C=O) groups excluding carboxylic acids is 1. The summed E-state index contributed by atoms with van der Waals surface area (Å²) in [5.74, 6) is 1.81. The number of methoxy groups -OCH3 is 1. The molecule has 0 fully saturated rings. The minimum Gasteiger partial charge on any atom is -0.496 e. The van der Waals surface area contributed by atoms with Crippen LogP contribution in [-0.2, 0) is 11.3 Å². The van der Waals surface area contributed by atoms with Crippen molar-refractivity contribution >= 4 is 17.6 Å². The molecule has 2 aromatic rings. The van der Waals surface area contributed by atoms with Crippen molar-refractivity contribution in [3.8, 4) is 5.75 Å². The quantitative estimate of drug-likeness (QED) is 0.531. The number of amides is 1. The fraction of sp³-hybridized carbons (Fsp3) is 0.364. The molecule has 6 nitrogen and oxygen atoms in total. The molecule has 3 rings (SSSR count). The Balaban J connectivity index is 1.67. The predicted octanol–water partition coefficient (Wildman–Crippen LogP) is 3.18. The summed E-state index contributed by atoms with van der Waals surface area (Å²) in [6, 6.07) is 14.1. The lowest BCUT2D eigenvalue weighted by molar-refractivity contribution is -0.116. The van der Waals surface area contributed by atoms with Crippen LogP contribution in [0.1, 0.15) is 36.0 Å². The van der Waals surface area contributed by atoms with Gasteiger partial charge in [0.1, 0.15) is 5.75 Å². The van der Waals surface area contributed by atoms with Gasteiger partial charge in [-0.2, -0.15) is 0 Å². The van der Waals surface area contributed by atoms with Crippen LogP contribution in [0.15, 0.2) is 47.5 Å². The van der Waals surface area contributed by atoms with Crippen molar-refractivity contribution in [1.82, 2.24) is 10.6 Å². The Hall–Kier alpha value is -3.02. The molecule has 1 heterocycles. The van der Waals surface area contributed by atoms with Gasteiger partial charge in [0.25, 0.3) is 0 Å². The molecule has 148 valence electrons. The van der Waals surface area contributed by atoms with Crippen molar-refractivity contribution in [1.29, 1.82) is 0 Å². The number of hydrogen-bond donors (Lipinski definition) is 3. The van der Waals surface area contributed by atoms with E-state index in [2.05, 4.69) is 28.1 Å². The van der Waals surface area contributed by atoms with Gasteiger partial charge in [-0.25, -0.2) is 4.99 Å². The number of hydrogen-bond acceptors (Lipinski definition) is 3. The van der Waals surface area contributed by atoms with Gasteiger partial charge in [0.2, 0.25) is 5.91 Å². The molecular weight excluding hydrogens is 352 g/mol. The van der Waals surface area contributed by atoms with Gasteiger partial charge in [-0.15, -0.1) is 0 Å². The van der Waals surface area contributed by atoms with Crippen LogP contribution in [0.4, 0.5) is 5.69 Å². The summed E-state index contributed by atoms with van der Waals surface area (Å²) in [7, 11) is 1.68. The Morgan fingerprint density at radius 2 is 2.07 bits per heavy atom. The third-order valence-electron chi connectivity index (χ3n) is 4.85. The van der Waals surface area contributed by atoms with Crippen LogP contribution in [0.3, 0.4) is 0 Å². The zero-order chi connectivity index (χ0) is 19.9. The van der Waals surface area contributed by atoms with Gasteiger partial charge in [-0.05, 0) is 42.7 Å². The van der Waals surface area contributed by atoms with Gasteiger partial charge in [0.15, 0.2) is 5.96 Å². The largest absolute Gasteiger partial charge is 0.496 e. The highest BCUT2D eigenvalue weighted by Crippen LogP contribution is 2.31. The number of benzene rings is 2. The molecule has 0 spiro atoms. The molecular formula is C22H28N4O2. The van der Waals surface area contributed by atoms with Gasteiger partial charge in [-0.1, -0.05) is 30.3 Å². The Labute approximate surface area is 166 Å². The summed E-state index contributed by atoms with van der Waals surface area (Å²) in [5.41, 5.74) is 4.29. The summed E-state index contributed by atoms with van der Waals surface area (Å²) in [6.07, 6.45) is 0.473. The maximum atomic E-state index is 12.0. The Bertz CT molecular complexity index is 863. The molecule has 1 atom stereocenters. The molecule has 6 heteroatoms. The first-order valence-corrected chi connectivity index (χ1v) is 9.65. The van der Waals surface area contributed by atoms with Crippen LogP contribution in [0, 0.1) is 6.92 Å². The number of aliphatic imine (C=N–C) groups is 1. The Kier molecular flexibility index (Phi) is 6.53. The van der Waals surface area contributed by atoms with Crippen molar-refractivity contribution in [3.05, 3.63) is 59.2 Å². The number of rotatable bonds is 6. The van der Waals surface area contributed by atoms with Gasteiger partial charge >= 0.3 is 0 Å². The van der Waals surface area contributed by atoms with E-state index in [1.54, 1.807) is 7.11 Å². The second-order valence-electron chi connectivity index (χ2n) is 6.92. The lowest BCUT2D eigenvalue weighted by Gasteiger charge is -2.26. The molecule has 2 aromatic carbocycles. The fourth-order valence-electron chi connectivity index (χ4n) is 3.45. The highest BCUT2D eigenvalue weighted by atomic mass is 16.5. The number of nitrogens with zero attached hydrogens (tertiary/aromatic N) is 1. The Morgan fingerprint density at radius 1 is 1.25 bits per heavy atom. The monoisotopic (exact) mass is 380 g/mol. The SMILES string of the molecule is CCNC(=NCc1ccc(OC)c(C)c1)NCC1CC(=O)Nc2ccccc21. The summed E-state index contributed by atoms with van der Waals surface area (Å²) < 4.78 is 5.31. The van der Waals surface area contributed by atoms with E-state index in [-0.39, 0.29) is 11.8 Å². The molecule has 0 aliphatic carbocycles. The summed E-state index contributed by atoms with van der Waals surface area (Å²) >= 11 is 0. The average molecular weight is 380 g/mol. The van der Waals surface area contributed by atoms with E-state index in [0.29, 0.717) is 19.5 Å². The molecule has 1 amide bonds. The summed E-state index contributed by atoms with van der Waals surface area (Å²) in [6.45, 7) is 6.06. The van der Waals surface area contributed by atoms with Crippen molar-refractivity contribution in [3.63, 3.8) is 0 Å². The number of para-hydroxylation sites is 1. The second kappa shape index (κ2) is 9.26. The topological polar surface area (TPSA) is 74.8 Å². The van der Waals surface area contributed by atoms with Gasteiger partial charge in [0, 0.05) is 31.1 Å². The molecule has 28 heavy (non-hydrogen) atoms. The van der Waals surface area contributed by atoms with Crippen LogP contribution in [0.5, 0.6) is 5.75 Å². The highest BCUT2D eigenvalue weighted by molar-refractivity contribution is 5.94. The van der Waals surface area contributed by atoms with E-state index in [9.17, 15) is 4.79 Å². The van der Waals surface area contributed by atoms with E-state index < -0.39 is 0 Å².